The van der Waals surface area contributed by atoms with E-state index in [-0.39, 0.29) is 24.0 Å². The highest BCUT2D eigenvalue weighted by Gasteiger charge is 2.03. The van der Waals surface area contributed by atoms with Crippen molar-refractivity contribution in [3.8, 4) is 0 Å². The molecule has 0 spiro atoms. The van der Waals surface area contributed by atoms with Crippen LogP contribution in [-0.2, 0) is 12.8 Å². The number of guanidine groups is 1. The molecule has 0 aliphatic heterocycles. The van der Waals surface area contributed by atoms with Crippen LogP contribution in [0, 0.1) is 13.8 Å². The minimum atomic E-state index is 0. The molecule has 3 N–H and O–H groups in total. The summed E-state index contributed by atoms with van der Waals surface area (Å²) in [5.74, 6) is 0.528. The topological polar surface area (TPSA) is 63.3 Å². The van der Waals surface area contributed by atoms with Gasteiger partial charge in [0, 0.05) is 29.3 Å². The van der Waals surface area contributed by atoms with Crippen molar-refractivity contribution in [1.29, 1.82) is 0 Å². The maximum Gasteiger partial charge on any atom is 0.188 e. The zero-order chi connectivity index (χ0) is 14.4. The summed E-state index contributed by atoms with van der Waals surface area (Å²) in [5.41, 5.74) is 6.97. The van der Waals surface area contributed by atoms with E-state index in [0.29, 0.717) is 12.5 Å². The number of hydrogen-bond acceptors (Lipinski definition) is 4. The molecule has 4 nitrogen and oxygen atoms in total. The van der Waals surface area contributed by atoms with Crippen LogP contribution >= 0.6 is 46.7 Å². The Morgan fingerprint density at radius 1 is 1.38 bits per heavy atom. The summed E-state index contributed by atoms with van der Waals surface area (Å²) in [5, 5.41) is 6.35. The van der Waals surface area contributed by atoms with Gasteiger partial charge < -0.3 is 11.1 Å². The first-order valence-electron chi connectivity index (χ1n) is 6.64. The molecule has 0 amide bonds. The third kappa shape index (κ3) is 6.31. The zero-order valence-electron chi connectivity index (χ0n) is 12.3. The quantitative estimate of drug-likeness (QED) is 0.416. The summed E-state index contributed by atoms with van der Waals surface area (Å²) in [4.78, 5) is 11.4. The van der Waals surface area contributed by atoms with E-state index in [1.54, 1.807) is 22.7 Å². The molecule has 0 aliphatic rings. The van der Waals surface area contributed by atoms with Crippen LogP contribution in [0.2, 0.25) is 0 Å². The highest BCUT2D eigenvalue weighted by Crippen LogP contribution is 2.17. The van der Waals surface area contributed by atoms with Gasteiger partial charge in [-0.05, 0) is 31.7 Å². The number of hydrogen-bond donors (Lipinski definition) is 2. The molecule has 0 bridgehead atoms. The fraction of sp³-hybridized carbons (Fsp3) is 0.429. The maximum atomic E-state index is 5.85. The van der Waals surface area contributed by atoms with Crippen molar-refractivity contribution in [2.45, 2.75) is 26.7 Å². The van der Waals surface area contributed by atoms with Crippen molar-refractivity contribution in [1.82, 2.24) is 10.3 Å². The predicted molar refractivity (Wildman–Crippen MR) is 103 cm³/mol. The van der Waals surface area contributed by atoms with Crippen molar-refractivity contribution in [3.63, 3.8) is 0 Å². The second-order valence-corrected chi connectivity index (χ2v) is 6.83. The van der Waals surface area contributed by atoms with Crippen molar-refractivity contribution in [2.75, 3.05) is 13.1 Å². The predicted octanol–water partition coefficient (Wildman–Crippen LogP) is 3.13. The first-order chi connectivity index (χ1) is 9.65. The normalized spacial score (nSPS) is 11.2. The number of halogens is 1. The maximum absolute atomic E-state index is 5.85. The lowest BCUT2D eigenvalue weighted by molar-refractivity contribution is 0.852. The molecule has 2 rings (SSSR count). The van der Waals surface area contributed by atoms with Crippen LogP contribution in [0.1, 0.15) is 20.5 Å². The molecule has 0 atom stereocenters. The fourth-order valence-electron chi connectivity index (χ4n) is 1.91. The summed E-state index contributed by atoms with van der Waals surface area (Å²) in [6.45, 7) is 5.62. The van der Waals surface area contributed by atoms with Gasteiger partial charge >= 0.3 is 0 Å². The molecule has 0 saturated heterocycles. The lowest BCUT2D eigenvalue weighted by Crippen LogP contribution is -2.33. The highest BCUT2D eigenvalue weighted by molar-refractivity contribution is 14.0. The molecule has 0 unspecified atom stereocenters. The van der Waals surface area contributed by atoms with Gasteiger partial charge in [-0.2, -0.15) is 0 Å². The second kappa shape index (κ2) is 9.37. The fourth-order valence-corrected chi connectivity index (χ4v) is 3.54. The zero-order valence-corrected chi connectivity index (χ0v) is 16.2. The van der Waals surface area contributed by atoms with E-state index in [9.17, 15) is 0 Å². The number of thiophene rings is 1. The Morgan fingerprint density at radius 2 is 2.19 bits per heavy atom. The Balaban J connectivity index is 0.00000220. The second-order valence-electron chi connectivity index (χ2n) is 4.51. The molecule has 0 fully saturated rings. The number of rotatable bonds is 6. The summed E-state index contributed by atoms with van der Waals surface area (Å²) >= 11 is 3.51. The summed E-state index contributed by atoms with van der Waals surface area (Å²) in [7, 11) is 0. The molecule has 2 aromatic rings. The number of aliphatic imine (C=N–C) groups is 1. The molecule has 2 aromatic heterocycles. The average Bonchev–Trinajstić information content (AvgIpc) is 3.00. The molecule has 0 radical (unpaired) electrons. The number of nitrogens with two attached hydrogens (primary N) is 1. The van der Waals surface area contributed by atoms with Crippen LogP contribution in [0.15, 0.2) is 22.5 Å². The minimum absolute atomic E-state index is 0. The van der Waals surface area contributed by atoms with E-state index in [4.69, 9.17) is 5.73 Å². The van der Waals surface area contributed by atoms with Gasteiger partial charge in [0.05, 0.1) is 10.7 Å². The number of aromatic nitrogens is 1. The Bertz CT molecular complexity index is 564. The van der Waals surface area contributed by atoms with Crippen molar-refractivity contribution >= 4 is 52.6 Å². The lowest BCUT2D eigenvalue weighted by Gasteiger charge is -2.04. The van der Waals surface area contributed by atoms with Crippen molar-refractivity contribution < 1.29 is 0 Å². The van der Waals surface area contributed by atoms with E-state index in [0.717, 1.165) is 30.1 Å². The van der Waals surface area contributed by atoms with Gasteiger partial charge in [0.2, 0.25) is 0 Å². The molecule has 0 aliphatic carbocycles. The summed E-state index contributed by atoms with van der Waals surface area (Å²) in [6, 6.07) is 4.20. The van der Waals surface area contributed by atoms with Gasteiger partial charge in [-0.1, -0.05) is 6.07 Å². The van der Waals surface area contributed by atoms with Crippen LogP contribution in [-0.4, -0.2) is 24.0 Å². The van der Waals surface area contributed by atoms with Crippen LogP contribution in [0.5, 0.6) is 0 Å². The SMILES string of the molecule is Cc1nc(C)c(CCN=C(N)NCCc2cccs2)s1.I. The van der Waals surface area contributed by atoms with Gasteiger partial charge in [0.25, 0.3) is 0 Å². The minimum Gasteiger partial charge on any atom is -0.370 e. The largest absolute Gasteiger partial charge is 0.370 e. The molecule has 7 heteroatoms. The number of aryl methyl sites for hydroxylation is 2. The lowest BCUT2D eigenvalue weighted by atomic mass is 10.3. The Morgan fingerprint density at radius 3 is 2.81 bits per heavy atom. The van der Waals surface area contributed by atoms with Gasteiger partial charge in [0.1, 0.15) is 0 Å². The third-order valence-corrected chi connectivity index (χ3v) is 4.95. The molecule has 0 saturated carbocycles. The summed E-state index contributed by atoms with van der Waals surface area (Å²) in [6.07, 6.45) is 1.89. The van der Waals surface area contributed by atoms with E-state index in [1.807, 2.05) is 13.8 Å². The van der Waals surface area contributed by atoms with E-state index in [1.165, 1.54) is 9.75 Å². The molecular formula is C14H21IN4S2. The smallest absolute Gasteiger partial charge is 0.188 e. The van der Waals surface area contributed by atoms with E-state index >= 15 is 0 Å². The number of thiazole rings is 1. The molecule has 2 heterocycles. The first kappa shape index (κ1) is 18.4. The molecule has 116 valence electrons. The van der Waals surface area contributed by atoms with Crippen molar-refractivity contribution in [3.05, 3.63) is 38.0 Å². The first-order valence-corrected chi connectivity index (χ1v) is 8.34. The average molecular weight is 436 g/mol. The standard InChI is InChI=1S/C14H20N4S2.HI/c1-10-13(20-11(2)18-10)6-8-17-14(15)16-7-5-12-4-3-9-19-12;/h3-4,9H,5-8H2,1-2H3,(H3,15,16,17);1H. The molecular weight excluding hydrogens is 415 g/mol. The van der Waals surface area contributed by atoms with Crippen LogP contribution in [0.4, 0.5) is 0 Å². The highest BCUT2D eigenvalue weighted by atomic mass is 127. The van der Waals surface area contributed by atoms with Crippen LogP contribution < -0.4 is 11.1 Å². The van der Waals surface area contributed by atoms with E-state index < -0.39 is 0 Å². The summed E-state index contributed by atoms with van der Waals surface area (Å²) < 4.78 is 0. The number of nitrogens with zero attached hydrogens (tertiary/aromatic N) is 2. The monoisotopic (exact) mass is 436 g/mol. The Hall–Kier alpha value is -0.670. The molecule has 0 aromatic carbocycles. The van der Waals surface area contributed by atoms with Gasteiger partial charge in [-0.15, -0.1) is 46.7 Å². The number of nitrogens with one attached hydrogen (secondary N) is 1. The van der Waals surface area contributed by atoms with Crippen LogP contribution in [0.3, 0.4) is 0 Å². The van der Waals surface area contributed by atoms with Gasteiger partial charge in [0.15, 0.2) is 5.96 Å². The van der Waals surface area contributed by atoms with Crippen LogP contribution in [0.25, 0.3) is 0 Å². The Labute approximate surface area is 150 Å². The molecule has 21 heavy (non-hydrogen) atoms. The van der Waals surface area contributed by atoms with Gasteiger partial charge in [-0.3, -0.25) is 4.99 Å². The third-order valence-electron chi connectivity index (χ3n) is 2.88. The van der Waals surface area contributed by atoms with Gasteiger partial charge in [-0.25, -0.2) is 4.98 Å². The van der Waals surface area contributed by atoms with E-state index in [2.05, 4.69) is 32.8 Å². The Kier molecular flexibility index (Phi) is 8.20. The van der Waals surface area contributed by atoms with Crippen molar-refractivity contribution in [2.24, 2.45) is 10.7 Å².